The van der Waals surface area contributed by atoms with Crippen molar-refractivity contribution in [1.29, 1.82) is 0 Å². The predicted molar refractivity (Wildman–Crippen MR) is 96.9 cm³/mol. The molecule has 21 heavy (non-hydrogen) atoms. The maximum atomic E-state index is 2.48. The molecular formula is C21H42. The van der Waals surface area contributed by atoms with Crippen molar-refractivity contribution in [3.63, 3.8) is 0 Å². The van der Waals surface area contributed by atoms with Crippen molar-refractivity contribution in [2.45, 2.75) is 129 Å². The Morgan fingerprint density at radius 1 is 0.333 bits per heavy atom. The number of hydrogen-bond donors (Lipinski definition) is 0. The van der Waals surface area contributed by atoms with Gasteiger partial charge in [-0.15, -0.1) is 0 Å². The smallest absolute Gasteiger partial charge is 0.0443 e. The van der Waals surface area contributed by atoms with Gasteiger partial charge in [-0.3, -0.25) is 0 Å². The third-order valence-corrected chi connectivity index (χ3v) is 5.39. The quantitative estimate of drug-likeness (QED) is 0.424. The van der Waals surface area contributed by atoms with Crippen LogP contribution in [0.3, 0.4) is 0 Å². The molecule has 0 N–H and O–H groups in total. The number of hydrogen-bond acceptors (Lipinski definition) is 0. The second-order valence-corrected chi connectivity index (χ2v) is 7.69. The maximum Gasteiger partial charge on any atom is -0.0443 e. The normalized spacial score (nSPS) is 24.4. The molecule has 126 valence electrons. The third kappa shape index (κ3) is 13.4. The summed E-state index contributed by atoms with van der Waals surface area (Å²) in [6.07, 6.45) is 28.4. The minimum absolute atomic E-state index is 0.982. The van der Waals surface area contributed by atoms with Gasteiger partial charge >= 0.3 is 0 Å². The first kappa shape index (κ1) is 19.0. The van der Waals surface area contributed by atoms with Crippen LogP contribution in [0.5, 0.6) is 0 Å². The van der Waals surface area contributed by atoms with Crippen LogP contribution in [-0.2, 0) is 0 Å². The van der Waals surface area contributed by atoms with Gasteiger partial charge in [-0.1, -0.05) is 129 Å². The molecule has 1 aliphatic carbocycles. The molecule has 0 saturated heterocycles. The monoisotopic (exact) mass is 294 g/mol. The van der Waals surface area contributed by atoms with Gasteiger partial charge in [0, 0.05) is 0 Å². The fourth-order valence-electron chi connectivity index (χ4n) is 3.78. The predicted octanol–water partition coefficient (Wildman–Crippen LogP) is 8.05. The highest BCUT2D eigenvalue weighted by molar-refractivity contribution is 4.56. The highest BCUT2D eigenvalue weighted by Gasteiger charge is 2.02. The first-order chi connectivity index (χ1) is 10.4. The Morgan fingerprint density at radius 2 is 0.524 bits per heavy atom. The molecule has 0 radical (unpaired) electrons. The largest absolute Gasteiger partial charge is 0.0625 e. The molecule has 0 aromatic carbocycles. The molecule has 0 heterocycles. The van der Waals surface area contributed by atoms with E-state index in [0.717, 1.165) is 5.92 Å². The molecule has 1 fully saturated rings. The van der Waals surface area contributed by atoms with E-state index in [9.17, 15) is 0 Å². The van der Waals surface area contributed by atoms with Crippen molar-refractivity contribution in [1.82, 2.24) is 0 Å². The molecule has 0 aliphatic heterocycles. The van der Waals surface area contributed by atoms with E-state index in [-0.39, 0.29) is 0 Å². The van der Waals surface area contributed by atoms with E-state index in [0.29, 0.717) is 0 Å². The van der Waals surface area contributed by atoms with Gasteiger partial charge in [0.1, 0.15) is 0 Å². The summed E-state index contributed by atoms with van der Waals surface area (Å²) >= 11 is 0. The molecule has 0 unspecified atom stereocenters. The van der Waals surface area contributed by atoms with Crippen molar-refractivity contribution < 1.29 is 0 Å². The lowest BCUT2D eigenvalue weighted by Gasteiger charge is -2.11. The van der Waals surface area contributed by atoms with E-state index in [1.807, 2.05) is 0 Å². The van der Waals surface area contributed by atoms with Gasteiger partial charge in [0.05, 0.1) is 0 Å². The van der Waals surface area contributed by atoms with E-state index >= 15 is 0 Å². The van der Waals surface area contributed by atoms with E-state index in [4.69, 9.17) is 0 Å². The molecule has 0 heteroatoms. The second kappa shape index (κ2) is 14.9. The SMILES string of the molecule is CC1CCCCCCCCCCCCCCCCCCC1. The highest BCUT2D eigenvalue weighted by Crippen LogP contribution is 2.19. The Morgan fingerprint density at radius 3 is 0.762 bits per heavy atom. The molecule has 0 amide bonds. The Hall–Kier alpha value is 0. The zero-order valence-corrected chi connectivity index (χ0v) is 15.0. The van der Waals surface area contributed by atoms with E-state index < -0.39 is 0 Å². The summed E-state index contributed by atoms with van der Waals surface area (Å²) in [5.41, 5.74) is 0. The van der Waals surface area contributed by atoms with Crippen LogP contribution in [0.1, 0.15) is 129 Å². The van der Waals surface area contributed by atoms with Gasteiger partial charge in [0.25, 0.3) is 0 Å². The average molecular weight is 295 g/mol. The van der Waals surface area contributed by atoms with Crippen molar-refractivity contribution in [2.24, 2.45) is 5.92 Å². The molecule has 0 aromatic rings. The molecule has 0 spiro atoms. The van der Waals surface area contributed by atoms with Crippen LogP contribution < -0.4 is 0 Å². The summed E-state index contributed by atoms with van der Waals surface area (Å²) in [5.74, 6) is 0.982. The second-order valence-electron chi connectivity index (χ2n) is 7.69. The van der Waals surface area contributed by atoms with Crippen molar-refractivity contribution in [2.75, 3.05) is 0 Å². The summed E-state index contributed by atoms with van der Waals surface area (Å²) in [7, 11) is 0. The van der Waals surface area contributed by atoms with Crippen LogP contribution in [0.15, 0.2) is 0 Å². The maximum absolute atomic E-state index is 2.48. The lowest BCUT2D eigenvalue weighted by atomic mass is 9.95. The average Bonchev–Trinajstić information content (AvgIpc) is 2.48. The summed E-state index contributed by atoms with van der Waals surface area (Å²) in [6, 6.07) is 0. The Bertz CT molecular complexity index is 176. The molecule has 0 aromatic heterocycles. The molecule has 1 saturated carbocycles. The molecular weight excluding hydrogens is 252 g/mol. The van der Waals surface area contributed by atoms with Crippen LogP contribution in [0.4, 0.5) is 0 Å². The first-order valence-electron chi connectivity index (χ1n) is 10.4. The van der Waals surface area contributed by atoms with Crippen LogP contribution >= 0.6 is 0 Å². The fraction of sp³-hybridized carbons (Fsp3) is 1.00. The van der Waals surface area contributed by atoms with Crippen molar-refractivity contribution >= 4 is 0 Å². The minimum Gasteiger partial charge on any atom is -0.0625 e. The zero-order valence-electron chi connectivity index (χ0n) is 15.0. The summed E-state index contributed by atoms with van der Waals surface area (Å²) in [5, 5.41) is 0. The van der Waals surface area contributed by atoms with E-state index in [1.165, 1.54) is 122 Å². The van der Waals surface area contributed by atoms with Crippen molar-refractivity contribution in [3.8, 4) is 0 Å². The lowest BCUT2D eigenvalue weighted by Crippen LogP contribution is -1.95. The topological polar surface area (TPSA) is 0 Å². The van der Waals surface area contributed by atoms with Crippen molar-refractivity contribution in [3.05, 3.63) is 0 Å². The zero-order chi connectivity index (χ0) is 15.0. The van der Waals surface area contributed by atoms with Gasteiger partial charge in [-0.05, 0) is 5.92 Å². The van der Waals surface area contributed by atoms with Gasteiger partial charge in [0.2, 0.25) is 0 Å². The van der Waals surface area contributed by atoms with Gasteiger partial charge < -0.3 is 0 Å². The summed E-state index contributed by atoms with van der Waals surface area (Å²) < 4.78 is 0. The number of rotatable bonds is 0. The summed E-state index contributed by atoms with van der Waals surface area (Å²) in [4.78, 5) is 0. The van der Waals surface area contributed by atoms with Gasteiger partial charge in [-0.2, -0.15) is 0 Å². The highest BCUT2D eigenvalue weighted by atomic mass is 14.1. The Balaban J connectivity index is 2.08. The third-order valence-electron chi connectivity index (χ3n) is 5.39. The van der Waals surface area contributed by atoms with Crippen LogP contribution in [-0.4, -0.2) is 0 Å². The van der Waals surface area contributed by atoms with Gasteiger partial charge in [-0.25, -0.2) is 0 Å². The van der Waals surface area contributed by atoms with E-state index in [2.05, 4.69) is 6.92 Å². The Labute approximate surface area is 135 Å². The first-order valence-corrected chi connectivity index (χ1v) is 10.4. The van der Waals surface area contributed by atoms with Crippen LogP contribution in [0, 0.1) is 5.92 Å². The standard InChI is InChI=1S/C21H42/c1-21-19-17-15-13-11-9-7-5-3-2-4-6-8-10-12-14-16-18-20-21/h21H,2-20H2,1H3. The Kier molecular flexibility index (Phi) is 13.5. The fourth-order valence-corrected chi connectivity index (χ4v) is 3.78. The molecule has 0 nitrogen and oxygen atoms in total. The van der Waals surface area contributed by atoms with E-state index in [1.54, 1.807) is 0 Å². The molecule has 0 bridgehead atoms. The lowest BCUT2D eigenvalue weighted by molar-refractivity contribution is 0.428. The van der Waals surface area contributed by atoms with Crippen LogP contribution in [0.25, 0.3) is 0 Å². The minimum atomic E-state index is 0.982. The molecule has 0 atom stereocenters. The van der Waals surface area contributed by atoms with Gasteiger partial charge in [0.15, 0.2) is 0 Å². The van der Waals surface area contributed by atoms with Crippen LogP contribution in [0.2, 0.25) is 0 Å². The molecule has 1 rings (SSSR count). The summed E-state index contributed by atoms with van der Waals surface area (Å²) in [6.45, 7) is 2.48. The molecule has 1 aliphatic rings.